The maximum Gasteiger partial charge on any atom is 0.230 e. The molecular weight excluding hydrogens is 266 g/mol. The van der Waals surface area contributed by atoms with Crippen molar-refractivity contribution >= 4 is 17.6 Å². The number of nitrogens with zero attached hydrogens (tertiary/aromatic N) is 2. The molecule has 1 saturated heterocycles. The Bertz CT molecular complexity index is 554. The number of rotatable bonds is 3. The van der Waals surface area contributed by atoms with Gasteiger partial charge in [0.25, 0.3) is 0 Å². The number of pyridine rings is 1. The van der Waals surface area contributed by atoms with Crippen molar-refractivity contribution in [2.45, 2.75) is 32.6 Å². The zero-order chi connectivity index (χ0) is 14.8. The lowest BCUT2D eigenvalue weighted by atomic mass is 9.96. The molecule has 2 heterocycles. The lowest BCUT2D eigenvalue weighted by Gasteiger charge is -2.32. The third-order valence-electron chi connectivity index (χ3n) is 4.28. The van der Waals surface area contributed by atoms with Gasteiger partial charge in [0.05, 0.1) is 5.92 Å². The molecule has 112 valence electrons. The Balaban J connectivity index is 1.61. The molecule has 5 nitrogen and oxygen atoms in total. The van der Waals surface area contributed by atoms with Gasteiger partial charge in [-0.25, -0.2) is 4.98 Å². The number of likely N-dealkylation sites (tertiary alicyclic amines) is 1. The maximum absolute atomic E-state index is 12.4. The van der Waals surface area contributed by atoms with E-state index < -0.39 is 0 Å². The fourth-order valence-corrected chi connectivity index (χ4v) is 2.82. The number of carbonyl (C=O) groups excluding carboxylic acids is 2. The fraction of sp³-hybridized carbons (Fsp3) is 0.562. The van der Waals surface area contributed by atoms with Gasteiger partial charge >= 0.3 is 0 Å². The summed E-state index contributed by atoms with van der Waals surface area (Å²) in [7, 11) is 0. The van der Waals surface area contributed by atoms with Crippen LogP contribution in [0.3, 0.4) is 0 Å². The summed E-state index contributed by atoms with van der Waals surface area (Å²) >= 11 is 0. The standard InChI is InChI=1S/C16H21N3O2/c1-11-4-2-8-17-14(11)18-15(20)13-5-3-9-19(10-13)16(21)12-6-7-12/h2,4,8,12-13H,3,5-7,9-10H2,1H3,(H,17,18,20). The van der Waals surface area contributed by atoms with Crippen molar-refractivity contribution in [2.24, 2.45) is 11.8 Å². The molecule has 2 aliphatic rings. The summed E-state index contributed by atoms with van der Waals surface area (Å²) in [6.07, 6.45) is 5.44. The number of carbonyl (C=O) groups is 2. The first-order chi connectivity index (χ1) is 10.1. The Kier molecular flexibility index (Phi) is 3.90. The second-order valence-corrected chi connectivity index (χ2v) is 6.06. The highest BCUT2D eigenvalue weighted by atomic mass is 16.2. The van der Waals surface area contributed by atoms with E-state index in [4.69, 9.17) is 0 Å². The average Bonchev–Trinajstić information content (AvgIpc) is 3.34. The van der Waals surface area contributed by atoms with Crippen molar-refractivity contribution in [3.05, 3.63) is 23.9 Å². The third kappa shape index (κ3) is 3.23. The van der Waals surface area contributed by atoms with Crippen LogP contribution < -0.4 is 5.32 Å². The predicted molar refractivity (Wildman–Crippen MR) is 79.6 cm³/mol. The summed E-state index contributed by atoms with van der Waals surface area (Å²) in [5, 5.41) is 2.90. The van der Waals surface area contributed by atoms with E-state index in [1.54, 1.807) is 6.20 Å². The topological polar surface area (TPSA) is 62.3 Å². The van der Waals surface area contributed by atoms with Crippen molar-refractivity contribution in [1.82, 2.24) is 9.88 Å². The summed E-state index contributed by atoms with van der Waals surface area (Å²) in [4.78, 5) is 30.6. The zero-order valence-electron chi connectivity index (χ0n) is 12.3. The fourth-order valence-electron chi connectivity index (χ4n) is 2.82. The van der Waals surface area contributed by atoms with Crippen LogP contribution in [0.5, 0.6) is 0 Å². The molecule has 1 atom stereocenters. The minimum absolute atomic E-state index is 0.0231. The Morgan fingerprint density at radius 2 is 2.10 bits per heavy atom. The summed E-state index contributed by atoms with van der Waals surface area (Å²) in [5.74, 6) is 0.937. The molecule has 1 aliphatic heterocycles. The lowest BCUT2D eigenvalue weighted by Crippen LogP contribution is -2.44. The first-order valence-corrected chi connectivity index (χ1v) is 7.66. The van der Waals surface area contributed by atoms with Crippen molar-refractivity contribution < 1.29 is 9.59 Å². The molecule has 5 heteroatoms. The number of nitrogens with one attached hydrogen (secondary N) is 1. The van der Waals surface area contributed by atoms with E-state index >= 15 is 0 Å². The summed E-state index contributed by atoms with van der Waals surface area (Å²) in [6, 6.07) is 3.77. The van der Waals surface area contributed by atoms with Gasteiger partial charge in [-0.3, -0.25) is 9.59 Å². The zero-order valence-corrected chi connectivity index (χ0v) is 12.3. The van der Waals surface area contributed by atoms with Crippen LogP contribution in [0.15, 0.2) is 18.3 Å². The number of piperidine rings is 1. The molecule has 1 N–H and O–H groups in total. The first kappa shape index (κ1) is 14.0. The van der Waals surface area contributed by atoms with Gasteiger partial charge in [0, 0.05) is 25.2 Å². The highest BCUT2D eigenvalue weighted by Gasteiger charge is 2.36. The Morgan fingerprint density at radius 1 is 1.29 bits per heavy atom. The maximum atomic E-state index is 12.4. The number of amides is 2. The monoisotopic (exact) mass is 287 g/mol. The van der Waals surface area contributed by atoms with E-state index in [9.17, 15) is 9.59 Å². The molecule has 1 unspecified atom stereocenters. The van der Waals surface area contributed by atoms with Gasteiger partial charge in [-0.05, 0) is 44.2 Å². The molecule has 1 aromatic rings. The molecule has 2 fully saturated rings. The Morgan fingerprint density at radius 3 is 2.81 bits per heavy atom. The molecule has 3 rings (SSSR count). The smallest absolute Gasteiger partial charge is 0.230 e. The van der Waals surface area contributed by atoms with E-state index in [0.29, 0.717) is 12.4 Å². The Hall–Kier alpha value is -1.91. The van der Waals surface area contributed by atoms with E-state index in [2.05, 4.69) is 10.3 Å². The first-order valence-electron chi connectivity index (χ1n) is 7.66. The van der Waals surface area contributed by atoms with E-state index in [1.165, 1.54) is 0 Å². The van der Waals surface area contributed by atoms with Crippen LogP contribution in [-0.2, 0) is 9.59 Å². The highest BCUT2D eigenvalue weighted by molar-refractivity contribution is 5.93. The second-order valence-electron chi connectivity index (χ2n) is 6.06. The number of aryl methyl sites for hydroxylation is 1. The van der Waals surface area contributed by atoms with E-state index in [0.717, 1.165) is 37.8 Å². The molecule has 0 aromatic carbocycles. The average molecular weight is 287 g/mol. The third-order valence-corrected chi connectivity index (χ3v) is 4.28. The van der Waals surface area contributed by atoms with Gasteiger partial charge < -0.3 is 10.2 Å². The van der Waals surface area contributed by atoms with Crippen molar-refractivity contribution in [1.29, 1.82) is 0 Å². The van der Waals surface area contributed by atoms with Crippen LogP contribution in [0.4, 0.5) is 5.82 Å². The van der Waals surface area contributed by atoms with E-state index in [-0.39, 0.29) is 23.7 Å². The highest BCUT2D eigenvalue weighted by Crippen LogP contribution is 2.32. The van der Waals surface area contributed by atoms with Gasteiger partial charge in [0.1, 0.15) is 5.82 Å². The minimum atomic E-state index is -0.122. The molecule has 1 aliphatic carbocycles. The summed E-state index contributed by atoms with van der Waals surface area (Å²) < 4.78 is 0. The van der Waals surface area contributed by atoms with Crippen molar-refractivity contribution in [2.75, 3.05) is 18.4 Å². The number of hydrogen-bond donors (Lipinski definition) is 1. The van der Waals surface area contributed by atoms with Crippen LogP contribution in [0.1, 0.15) is 31.2 Å². The quantitative estimate of drug-likeness (QED) is 0.924. The van der Waals surface area contributed by atoms with Crippen molar-refractivity contribution in [3.8, 4) is 0 Å². The molecule has 0 radical (unpaired) electrons. The van der Waals surface area contributed by atoms with Crippen LogP contribution in [-0.4, -0.2) is 34.8 Å². The van der Waals surface area contributed by atoms with Gasteiger partial charge in [-0.15, -0.1) is 0 Å². The largest absolute Gasteiger partial charge is 0.342 e. The van der Waals surface area contributed by atoms with Crippen molar-refractivity contribution in [3.63, 3.8) is 0 Å². The number of hydrogen-bond acceptors (Lipinski definition) is 3. The Labute approximate surface area is 124 Å². The second kappa shape index (κ2) is 5.84. The SMILES string of the molecule is Cc1cccnc1NC(=O)C1CCCN(C(=O)C2CC2)C1. The van der Waals surface area contributed by atoms with E-state index in [1.807, 2.05) is 24.0 Å². The molecule has 0 bridgehead atoms. The molecule has 1 saturated carbocycles. The number of aromatic nitrogens is 1. The molecule has 21 heavy (non-hydrogen) atoms. The van der Waals surface area contributed by atoms with Gasteiger partial charge in [0.15, 0.2) is 0 Å². The lowest BCUT2D eigenvalue weighted by molar-refractivity contribution is -0.135. The van der Waals surface area contributed by atoms with Gasteiger partial charge in [-0.1, -0.05) is 6.07 Å². The van der Waals surface area contributed by atoms with Gasteiger partial charge in [0.2, 0.25) is 11.8 Å². The predicted octanol–water partition coefficient (Wildman–Crippen LogP) is 1.98. The number of anilines is 1. The summed E-state index contributed by atoms with van der Waals surface area (Å²) in [5.41, 5.74) is 0.951. The minimum Gasteiger partial charge on any atom is -0.342 e. The van der Waals surface area contributed by atoms with Crippen LogP contribution >= 0.6 is 0 Å². The molecular formula is C16H21N3O2. The van der Waals surface area contributed by atoms with Gasteiger partial charge in [-0.2, -0.15) is 0 Å². The summed E-state index contributed by atoms with van der Waals surface area (Å²) in [6.45, 7) is 3.27. The van der Waals surface area contributed by atoms with Crippen LogP contribution in [0.2, 0.25) is 0 Å². The normalized spacial score (nSPS) is 22.0. The molecule has 1 aromatic heterocycles. The molecule has 2 amide bonds. The van der Waals surface area contributed by atoms with Crippen LogP contribution in [0.25, 0.3) is 0 Å². The molecule has 0 spiro atoms. The van der Waals surface area contributed by atoms with Crippen LogP contribution in [0, 0.1) is 18.8 Å².